The molecule has 16 heavy (non-hydrogen) atoms. The second kappa shape index (κ2) is 3.84. The molecular formula is C12H20O4. The van der Waals surface area contributed by atoms with E-state index in [9.17, 15) is 19.8 Å². The van der Waals surface area contributed by atoms with Crippen LogP contribution in [0.1, 0.15) is 40.0 Å². The monoisotopic (exact) mass is 228 g/mol. The summed E-state index contributed by atoms with van der Waals surface area (Å²) in [5.74, 6) is -0.889. The van der Waals surface area contributed by atoms with E-state index in [1.54, 1.807) is 13.8 Å². The number of carbonyl (C=O) groups excluding carboxylic acids is 1. The molecule has 3 atom stereocenters. The average molecular weight is 228 g/mol. The number of aliphatic carboxylic acids is 1. The van der Waals surface area contributed by atoms with Gasteiger partial charge in [0.25, 0.3) is 0 Å². The van der Waals surface area contributed by atoms with Crippen molar-refractivity contribution < 1.29 is 19.8 Å². The molecular weight excluding hydrogens is 208 g/mol. The van der Waals surface area contributed by atoms with E-state index in [4.69, 9.17) is 0 Å². The molecule has 1 rings (SSSR count). The number of aldehydes is 1. The van der Waals surface area contributed by atoms with Crippen molar-refractivity contribution in [2.45, 2.75) is 40.0 Å². The summed E-state index contributed by atoms with van der Waals surface area (Å²) in [6, 6.07) is 0. The van der Waals surface area contributed by atoms with Gasteiger partial charge < -0.3 is 15.0 Å². The Morgan fingerprint density at radius 2 is 1.81 bits per heavy atom. The Morgan fingerprint density at radius 1 is 1.25 bits per heavy atom. The van der Waals surface area contributed by atoms with Crippen molar-refractivity contribution in [1.29, 1.82) is 0 Å². The van der Waals surface area contributed by atoms with Crippen LogP contribution >= 0.6 is 0 Å². The summed E-state index contributed by atoms with van der Waals surface area (Å²) in [5.41, 5.74) is -2.06. The molecule has 0 bridgehead atoms. The van der Waals surface area contributed by atoms with Crippen molar-refractivity contribution in [3.8, 4) is 0 Å². The van der Waals surface area contributed by atoms with Crippen LogP contribution in [0.4, 0.5) is 0 Å². The van der Waals surface area contributed by atoms with E-state index in [1.807, 2.05) is 6.92 Å². The van der Waals surface area contributed by atoms with Gasteiger partial charge in [-0.15, -0.1) is 0 Å². The number of aliphatic hydroxyl groups is 1. The highest BCUT2D eigenvalue weighted by atomic mass is 16.4. The normalized spacial score (nSPS) is 44.0. The van der Waals surface area contributed by atoms with Gasteiger partial charge in [0, 0.05) is 12.0 Å². The molecule has 1 saturated carbocycles. The number of carboxylic acids is 1. The Balaban J connectivity index is 3.10. The molecule has 0 radical (unpaired) electrons. The smallest absolute Gasteiger partial charge is 0.309 e. The van der Waals surface area contributed by atoms with Crippen molar-refractivity contribution in [1.82, 2.24) is 0 Å². The van der Waals surface area contributed by atoms with E-state index in [1.165, 1.54) is 0 Å². The third-order valence-corrected chi connectivity index (χ3v) is 3.62. The van der Waals surface area contributed by atoms with Gasteiger partial charge in [0.1, 0.15) is 6.29 Å². The standard InChI is InChI=1S/C12H20O4/c1-10(7-13)4-11(2,8-14)6-12(3,5-10)9(15)16/h7,14H,4-6,8H2,1-3H3,(H,15,16)/t10-,11+,12-/m0/s1. The molecule has 2 N–H and O–H groups in total. The van der Waals surface area contributed by atoms with E-state index in [-0.39, 0.29) is 6.61 Å². The quantitative estimate of drug-likeness (QED) is 0.717. The Kier molecular flexibility index (Phi) is 3.16. The van der Waals surface area contributed by atoms with Crippen LogP contribution in [-0.2, 0) is 9.59 Å². The second-order valence-corrected chi connectivity index (χ2v) is 6.14. The van der Waals surface area contributed by atoms with Crippen LogP contribution in [-0.4, -0.2) is 29.1 Å². The van der Waals surface area contributed by atoms with Crippen LogP contribution in [0, 0.1) is 16.2 Å². The Morgan fingerprint density at radius 3 is 2.19 bits per heavy atom. The van der Waals surface area contributed by atoms with Crippen molar-refractivity contribution in [2.75, 3.05) is 6.61 Å². The number of hydrogen-bond acceptors (Lipinski definition) is 3. The highest BCUT2D eigenvalue weighted by Crippen LogP contribution is 2.53. The van der Waals surface area contributed by atoms with Gasteiger partial charge in [-0.1, -0.05) is 13.8 Å². The maximum absolute atomic E-state index is 11.3. The Hall–Kier alpha value is -0.900. The summed E-state index contributed by atoms with van der Waals surface area (Å²) in [4.78, 5) is 22.4. The predicted molar refractivity (Wildman–Crippen MR) is 59.0 cm³/mol. The molecule has 1 aliphatic carbocycles. The first kappa shape index (κ1) is 13.2. The summed E-state index contributed by atoms with van der Waals surface area (Å²) in [6.45, 7) is 5.19. The van der Waals surface area contributed by atoms with Crippen molar-refractivity contribution in [3.05, 3.63) is 0 Å². The highest BCUT2D eigenvalue weighted by Gasteiger charge is 2.52. The molecule has 0 saturated heterocycles. The van der Waals surface area contributed by atoms with E-state index >= 15 is 0 Å². The topological polar surface area (TPSA) is 74.6 Å². The molecule has 92 valence electrons. The van der Waals surface area contributed by atoms with Gasteiger partial charge in [0.15, 0.2) is 0 Å². The fourth-order valence-electron chi connectivity index (χ4n) is 3.34. The third-order valence-electron chi connectivity index (χ3n) is 3.62. The van der Waals surface area contributed by atoms with Gasteiger partial charge in [-0.25, -0.2) is 0 Å². The van der Waals surface area contributed by atoms with Crippen molar-refractivity contribution in [2.24, 2.45) is 16.2 Å². The molecule has 4 heteroatoms. The predicted octanol–water partition coefficient (Wildman–Crippen LogP) is 1.47. The summed E-state index contributed by atoms with van der Waals surface area (Å²) in [6.07, 6.45) is 2.13. The zero-order chi connectivity index (χ0) is 12.6. The number of carbonyl (C=O) groups is 2. The third kappa shape index (κ3) is 2.26. The molecule has 0 aromatic rings. The van der Waals surface area contributed by atoms with Crippen LogP contribution in [0.15, 0.2) is 0 Å². The molecule has 0 heterocycles. The molecule has 4 nitrogen and oxygen atoms in total. The maximum Gasteiger partial charge on any atom is 0.309 e. The number of carboxylic acid groups (broad SMARTS) is 1. The Labute approximate surface area is 95.7 Å². The molecule has 0 aliphatic heterocycles. The zero-order valence-corrected chi connectivity index (χ0v) is 10.1. The number of hydrogen-bond donors (Lipinski definition) is 2. The van der Waals surface area contributed by atoms with Gasteiger partial charge in [-0.3, -0.25) is 4.79 Å². The lowest BCUT2D eigenvalue weighted by Crippen LogP contribution is -2.48. The summed E-state index contributed by atoms with van der Waals surface area (Å²) >= 11 is 0. The second-order valence-electron chi connectivity index (χ2n) is 6.14. The molecule has 1 fully saturated rings. The van der Waals surface area contributed by atoms with Crippen LogP contribution in [0.5, 0.6) is 0 Å². The molecule has 1 aliphatic rings. The van der Waals surface area contributed by atoms with Gasteiger partial charge >= 0.3 is 5.97 Å². The minimum absolute atomic E-state index is 0.0840. The number of aliphatic hydroxyl groups excluding tert-OH is 1. The lowest BCUT2D eigenvalue weighted by atomic mass is 9.55. The van der Waals surface area contributed by atoms with Gasteiger partial charge in [-0.05, 0) is 31.6 Å². The maximum atomic E-state index is 11.3. The van der Waals surface area contributed by atoms with Crippen LogP contribution < -0.4 is 0 Å². The molecule has 0 spiro atoms. The first-order valence-electron chi connectivity index (χ1n) is 5.49. The SMILES string of the molecule is C[C@]1(C=O)C[C@@](C)(CO)C[C@@](C)(C(=O)O)C1. The summed E-state index contributed by atoms with van der Waals surface area (Å²) < 4.78 is 0. The minimum atomic E-state index is -0.925. The van der Waals surface area contributed by atoms with E-state index in [0.717, 1.165) is 6.29 Å². The van der Waals surface area contributed by atoms with Gasteiger partial charge in [-0.2, -0.15) is 0 Å². The van der Waals surface area contributed by atoms with Crippen LogP contribution in [0.2, 0.25) is 0 Å². The van der Waals surface area contributed by atoms with Crippen LogP contribution in [0.3, 0.4) is 0 Å². The zero-order valence-electron chi connectivity index (χ0n) is 10.1. The highest BCUT2D eigenvalue weighted by molar-refractivity contribution is 5.76. The average Bonchev–Trinajstić information content (AvgIpc) is 2.16. The Bertz CT molecular complexity index is 314. The van der Waals surface area contributed by atoms with E-state index < -0.39 is 22.2 Å². The lowest BCUT2D eigenvalue weighted by Gasteiger charge is -2.48. The lowest BCUT2D eigenvalue weighted by molar-refractivity contribution is -0.159. The van der Waals surface area contributed by atoms with E-state index in [0.29, 0.717) is 19.3 Å². The minimum Gasteiger partial charge on any atom is -0.481 e. The van der Waals surface area contributed by atoms with Crippen LogP contribution in [0.25, 0.3) is 0 Å². The molecule has 0 aromatic heterocycles. The largest absolute Gasteiger partial charge is 0.481 e. The summed E-state index contributed by atoms with van der Waals surface area (Å²) in [7, 11) is 0. The fourth-order valence-corrected chi connectivity index (χ4v) is 3.34. The molecule has 0 aromatic carbocycles. The first-order chi connectivity index (χ1) is 7.19. The summed E-state index contributed by atoms with van der Waals surface area (Å²) in [5, 5.41) is 18.6. The number of rotatable bonds is 3. The van der Waals surface area contributed by atoms with Gasteiger partial charge in [0.05, 0.1) is 5.41 Å². The molecule has 0 amide bonds. The molecule has 0 unspecified atom stereocenters. The van der Waals surface area contributed by atoms with Crippen molar-refractivity contribution in [3.63, 3.8) is 0 Å². The van der Waals surface area contributed by atoms with Gasteiger partial charge in [0.2, 0.25) is 0 Å². The van der Waals surface area contributed by atoms with Crippen molar-refractivity contribution >= 4 is 12.3 Å². The fraction of sp³-hybridized carbons (Fsp3) is 0.833. The van der Waals surface area contributed by atoms with E-state index in [2.05, 4.69) is 0 Å². The first-order valence-corrected chi connectivity index (χ1v) is 5.49.